The predicted octanol–water partition coefficient (Wildman–Crippen LogP) is 6.67. The minimum Gasteiger partial charge on any atom is -0.453 e. The van der Waals surface area contributed by atoms with Gasteiger partial charge in [-0.3, -0.25) is 9.59 Å². The Labute approximate surface area is 334 Å². The summed E-state index contributed by atoms with van der Waals surface area (Å²) in [5.74, 6) is 0.922. The van der Waals surface area contributed by atoms with Gasteiger partial charge in [-0.25, -0.2) is 19.6 Å². The van der Waals surface area contributed by atoms with E-state index in [9.17, 15) is 19.2 Å². The van der Waals surface area contributed by atoms with Crippen molar-refractivity contribution in [3.8, 4) is 22.6 Å². The van der Waals surface area contributed by atoms with Gasteiger partial charge >= 0.3 is 12.2 Å². The third-order valence-electron chi connectivity index (χ3n) is 11.5. The second kappa shape index (κ2) is 15.6. The number of imidazole rings is 2. The number of alkyl carbamates (subject to hydrolysis) is 2. The van der Waals surface area contributed by atoms with Crippen molar-refractivity contribution in [2.24, 2.45) is 11.8 Å². The van der Waals surface area contributed by atoms with Gasteiger partial charge in [-0.05, 0) is 73.9 Å². The zero-order valence-corrected chi connectivity index (χ0v) is 33.6. The van der Waals surface area contributed by atoms with Crippen LogP contribution in [0.25, 0.3) is 55.5 Å². The summed E-state index contributed by atoms with van der Waals surface area (Å²) < 4.78 is 9.54. The Balaban J connectivity index is 0.995. The Morgan fingerprint density at radius 2 is 1.22 bits per heavy atom. The Kier molecular flexibility index (Phi) is 10.3. The van der Waals surface area contributed by atoms with Crippen molar-refractivity contribution >= 4 is 56.8 Å². The van der Waals surface area contributed by atoms with Crippen LogP contribution in [-0.4, -0.2) is 103 Å². The number of fused-ring (bicyclic) bond motifs is 3. The lowest BCUT2D eigenvalue weighted by atomic mass is 10.0. The van der Waals surface area contributed by atoms with Crippen LogP contribution >= 0.6 is 0 Å². The van der Waals surface area contributed by atoms with Gasteiger partial charge in [0.2, 0.25) is 11.8 Å². The SMILES string of the molecule is COC(=O)NC(C(=O)N1CCCC1c1ncc(-c2cc3cc4[nH]c(-c5ccc6nc(C7CCCN7C(=O)C(NC(=O)OC)C(C)C)[nH]c6c5)cc4cc3[nH]2)[nH]1)C(C)C. The number of amides is 4. The van der Waals surface area contributed by atoms with Gasteiger partial charge in [-0.2, -0.15) is 0 Å². The average molecular weight is 791 g/mol. The normalized spacial score (nSPS) is 18.1. The number of nitrogens with one attached hydrogen (secondary N) is 6. The van der Waals surface area contributed by atoms with E-state index >= 15 is 0 Å². The maximum atomic E-state index is 13.6. The number of aromatic nitrogens is 6. The first-order chi connectivity index (χ1) is 27.9. The van der Waals surface area contributed by atoms with E-state index in [0.717, 1.165) is 87.0 Å². The summed E-state index contributed by atoms with van der Waals surface area (Å²) in [5, 5.41) is 7.49. The molecule has 4 unspecified atom stereocenters. The van der Waals surface area contributed by atoms with E-state index in [1.807, 2.05) is 44.7 Å². The van der Waals surface area contributed by atoms with Crippen LogP contribution in [0, 0.1) is 11.8 Å². The first kappa shape index (κ1) is 38.5. The molecule has 6 N–H and O–H groups in total. The average Bonchev–Trinajstić information content (AvgIpc) is 4.06. The predicted molar refractivity (Wildman–Crippen MR) is 219 cm³/mol. The van der Waals surface area contributed by atoms with Crippen molar-refractivity contribution in [1.29, 1.82) is 0 Å². The highest BCUT2D eigenvalue weighted by molar-refractivity contribution is 6.00. The van der Waals surface area contributed by atoms with Crippen molar-refractivity contribution in [2.45, 2.75) is 77.5 Å². The van der Waals surface area contributed by atoms with E-state index in [0.29, 0.717) is 18.9 Å². The molecular formula is C42H50N10O6. The molecule has 16 heteroatoms. The lowest BCUT2D eigenvalue weighted by molar-refractivity contribution is -0.136. The third-order valence-corrected chi connectivity index (χ3v) is 11.5. The number of hydrogen-bond donors (Lipinski definition) is 6. The number of benzene rings is 2. The van der Waals surface area contributed by atoms with Gasteiger partial charge in [0.25, 0.3) is 0 Å². The summed E-state index contributed by atoms with van der Waals surface area (Å²) in [6.07, 6.45) is 3.76. The molecule has 16 nitrogen and oxygen atoms in total. The van der Waals surface area contributed by atoms with E-state index in [4.69, 9.17) is 19.4 Å². The molecule has 0 saturated carbocycles. The fraction of sp³-hybridized carbons (Fsp3) is 0.429. The van der Waals surface area contributed by atoms with Crippen LogP contribution in [0.1, 0.15) is 77.1 Å². The standard InChI is InChI=1S/C42H50N10O6/c1-21(2)35(49-41(55)57-5)39(53)51-13-7-9-33(51)37-43-20-32(48-37)31-19-25-18-28-24(17-29(25)45-31)16-27(44-28)23-11-12-26-30(15-23)47-38(46-26)34-10-8-14-52(34)40(54)36(22(3)4)50-42(56)58-6/h11-12,15-22,33-36,44-45H,7-10,13-14H2,1-6H3,(H,43,48)(H,46,47)(H,49,55)(H,50,56). The fourth-order valence-corrected chi connectivity index (χ4v) is 8.45. The number of likely N-dealkylation sites (tertiary alicyclic amines) is 2. The molecule has 58 heavy (non-hydrogen) atoms. The highest BCUT2D eigenvalue weighted by atomic mass is 16.5. The molecule has 4 aromatic heterocycles. The van der Waals surface area contributed by atoms with Crippen molar-refractivity contribution in [1.82, 2.24) is 50.3 Å². The van der Waals surface area contributed by atoms with Crippen molar-refractivity contribution in [2.75, 3.05) is 27.3 Å². The minimum atomic E-state index is -0.697. The highest BCUT2D eigenvalue weighted by Crippen LogP contribution is 2.36. The Hall–Kier alpha value is -6.32. The van der Waals surface area contributed by atoms with Gasteiger partial charge in [0.15, 0.2) is 0 Å². The summed E-state index contributed by atoms with van der Waals surface area (Å²) in [4.78, 5) is 78.6. The molecule has 4 amide bonds. The molecule has 304 valence electrons. The van der Waals surface area contributed by atoms with E-state index in [2.05, 4.69) is 60.9 Å². The number of aromatic amines is 4. The Morgan fingerprint density at radius 3 is 1.79 bits per heavy atom. The number of H-pyrrole nitrogens is 4. The molecule has 6 heterocycles. The van der Waals surface area contributed by atoms with Crippen LogP contribution in [-0.2, 0) is 19.1 Å². The van der Waals surface area contributed by atoms with Crippen molar-refractivity contribution in [3.63, 3.8) is 0 Å². The van der Waals surface area contributed by atoms with Gasteiger partial charge in [-0.15, -0.1) is 0 Å². The first-order valence-electron chi connectivity index (χ1n) is 19.9. The van der Waals surface area contributed by atoms with E-state index in [1.165, 1.54) is 14.2 Å². The smallest absolute Gasteiger partial charge is 0.407 e. The number of rotatable bonds is 10. The molecule has 4 atom stereocenters. The molecule has 2 aromatic carbocycles. The zero-order valence-electron chi connectivity index (χ0n) is 33.6. The number of methoxy groups -OCH3 is 2. The van der Waals surface area contributed by atoms with Crippen LogP contribution in [0.4, 0.5) is 9.59 Å². The summed E-state index contributed by atoms with van der Waals surface area (Å²) in [5.41, 5.74) is 7.30. The lowest BCUT2D eigenvalue weighted by Crippen LogP contribution is -2.51. The zero-order chi connectivity index (χ0) is 40.8. The summed E-state index contributed by atoms with van der Waals surface area (Å²) in [7, 11) is 2.58. The van der Waals surface area contributed by atoms with Gasteiger partial charge in [-0.1, -0.05) is 33.8 Å². The van der Waals surface area contributed by atoms with Crippen LogP contribution < -0.4 is 10.6 Å². The van der Waals surface area contributed by atoms with Gasteiger partial charge in [0.05, 0.1) is 54.9 Å². The van der Waals surface area contributed by atoms with Crippen LogP contribution in [0.5, 0.6) is 0 Å². The van der Waals surface area contributed by atoms with Crippen molar-refractivity contribution < 1.29 is 28.7 Å². The quantitative estimate of drug-likeness (QED) is 0.0882. The summed E-state index contributed by atoms with van der Waals surface area (Å²) >= 11 is 0. The van der Waals surface area contributed by atoms with E-state index in [1.54, 1.807) is 11.1 Å². The topological polar surface area (TPSA) is 206 Å². The molecule has 2 fully saturated rings. The highest BCUT2D eigenvalue weighted by Gasteiger charge is 2.39. The number of nitrogens with zero attached hydrogens (tertiary/aromatic N) is 4. The van der Waals surface area contributed by atoms with Gasteiger partial charge in [0, 0.05) is 46.2 Å². The van der Waals surface area contributed by atoms with Gasteiger partial charge < -0.3 is 49.8 Å². The molecule has 8 rings (SSSR count). The minimum absolute atomic E-state index is 0.112. The monoisotopic (exact) mass is 790 g/mol. The lowest BCUT2D eigenvalue weighted by Gasteiger charge is -2.30. The van der Waals surface area contributed by atoms with Crippen LogP contribution in [0.3, 0.4) is 0 Å². The third kappa shape index (κ3) is 7.22. The number of carbonyl (C=O) groups is 4. The van der Waals surface area contributed by atoms with Crippen molar-refractivity contribution in [3.05, 3.63) is 60.3 Å². The number of carbonyl (C=O) groups excluding carboxylic acids is 4. The fourth-order valence-electron chi connectivity index (χ4n) is 8.45. The molecule has 6 aromatic rings. The second-order valence-electron chi connectivity index (χ2n) is 16.0. The largest absolute Gasteiger partial charge is 0.453 e. The Morgan fingerprint density at radius 1 is 0.672 bits per heavy atom. The maximum Gasteiger partial charge on any atom is 0.407 e. The molecule has 2 saturated heterocycles. The second-order valence-corrected chi connectivity index (χ2v) is 16.0. The van der Waals surface area contributed by atoms with E-state index in [-0.39, 0.29) is 35.7 Å². The summed E-state index contributed by atoms with van der Waals surface area (Å²) in [6.45, 7) is 8.78. The number of hydrogen-bond acceptors (Lipinski definition) is 8. The summed E-state index contributed by atoms with van der Waals surface area (Å²) in [6, 6.07) is 12.7. The first-order valence-corrected chi connectivity index (χ1v) is 19.9. The van der Waals surface area contributed by atoms with E-state index < -0.39 is 24.3 Å². The molecule has 0 aliphatic carbocycles. The molecular weight excluding hydrogens is 741 g/mol. The molecule has 0 spiro atoms. The maximum absolute atomic E-state index is 13.6. The van der Waals surface area contributed by atoms with Crippen LogP contribution in [0.15, 0.2) is 48.7 Å². The Bertz CT molecular complexity index is 2460. The van der Waals surface area contributed by atoms with Crippen LogP contribution in [0.2, 0.25) is 0 Å². The number of ether oxygens (including phenoxy) is 2. The molecule has 0 bridgehead atoms. The van der Waals surface area contributed by atoms with Gasteiger partial charge in [0.1, 0.15) is 23.7 Å². The molecule has 0 radical (unpaired) electrons. The molecule has 2 aliphatic heterocycles. The molecule has 2 aliphatic rings.